The number of para-hydroxylation sites is 1. The Hall–Kier alpha value is -2.56. The quantitative estimate of drug-likeness (QED) is 0.909. The Morgan fingerprint density at radius 2 is 1.71 bits per heavy atom. The number of nitrogens with two attached hydrogens (primary N) is 1. The van der Waals surface area contributed by atoms with Gasteiger partial charge in [-0.05, 0) is 24.3 Å². The molecule has 0 spiro atoms. The molecule has 0 saturated carbocycles. The predicted molar refractivity (Wildman–Crippen MR) is 83.2 cm³/mol. The van der Waals surface area contributed by atoms with Crippen molar-refractivity contribution in [2.75, 3.05) is 36.8 Å². The molecule has 1 aliphatic rings. The second-order valence-electron chi connectivity index (χ2n) is 5.09. The Labute approximate surface area is 124 Å². The molecule has 2 aromatic rings. The maximum atomic E-state index is 12.4. The smallest absolute Gasteiger partial charge is 0.255 e. The predicted octanol–water partition coefficient (Wildman–Crippen LogP) is 1.63. The van der Waals surface area contributed by atoms with E-state index in [2.05, 4.69) is 22.0 Å². The summed E-state index contributed by atoms with van der Waals surface area (Å²) in [6.07, 6.45) is 1.54. The highest BCUT2D eigenvalue weighted by atomic mass is 16.2. The van der Waals surface area contributed by atoms with Gasteiger partial charge in [-0.15, -0.1) is 0 Å². The molecule has 1 aromatic carbocycles. The molecular weight excluding hydrogens is 264 g/mol. The summed E-state index contributed by atoms with van der Waals surface area (Å²) in [6, 6.07) is 13.7. The third kappa shape index (κ3) is 2.97. The molecule has 1 amide bonds. The highest BCUT2D eigenvalue weighted by molar-refractivity contribution is 5.94. The second-order valence-corrected chi connectivity index (χ2v) is 5.09. The van der Waals surface area contributed by atoms with Crippen LogP contribution in [0.5, 0.6) is 0 Å². The zero-order valence-corrected chi connectivity index (χ0v) is 11.8. The van der Waals surface area contributed by atoms with Gasteiger partial charge in [0, 0.05) is 38.1 Å². The van der Waals surface area contributed by atoms with Gasteiger partial charge in [-0.1, -0.05) is 18.2 Å². The lowest BCUT2D eigenvalue weighted by atomic mass is 10.2. The summed E-state index contributed by atoms with van der Waals surface area (Å²) < 4.78 is 0. The highest BCUT2D eigenvalue weighted by Crippen LogP contribution is 2.16. The van der Waals surface area contributed by atoms with E-state index < -0.39 is 0 Å². The number of benzene rings is 1. The second kappa shape index (κ2) is 5.83. The Kier molecular flexibility index (Phi) is 3.73. The molecule has 0 radical (unpaired) electrons. The largest absolute Gasteiger partial charge is 0.384 e. The van der Waals surface area contributed by atoms with Crippen LogP contribution in [0.1, 0.15) is 10.4 Å². The molecule has 5 nitrogen and oxygen atoms in total. The van der Waals surface area contributed by atoms with Gasteiger partial charge in [0.2, 0.25) is 0 Å². The normalized spacial score (nSPS) is 15.0. The fraction of sp³-hybridized carbons (Fsp3) is 0.250. The number of hydrogen-bond donors (Lipinski definition) is 1. The van der Waals surface area contributed by atoms with E-state index in [0.29, 0.717) is 11.4 Å². The molecule has 1 aromatic heterocycles. The first-order valence-corrected chi connectivity index (χ1v) is 7.05. The van der Waals surface area contributed by atoms with Crippen LogP contribution in [0, 0.1) is 0 Å². The van der Waals surface area contributed by atoms with E-state index in [0.717, 1.165) is 26.2 Å². The third-order valence-corrected chi connectivity index (χ3v) is 3.72. The fourth-order valence-corrected chi connectivity index (χ4v) is 2.52. The van der Waals surface area contributed by atoms with Crippen LogP contribution in [0.3, 0.4) is 0 Å². The summed E-state index contributed by atoms with van der Waals surface area (Å²) >= 11 is 0. The lowest BCUT2D eigenvalue weighted by Crippen LogP contribution is -2.48. The molecule has 0 bridgehead atoms. The number of rotatable bonds is 2. The van der Waals surface area contributed by atoms with Gasteiger partial charge < -0.3 is 15.5 Å². The van der Waals surface area contributed by atoms with Gasteiger partial charge in [-0.3, -0.25) is 4.79 Å². The van der Waals surface area contributed by atoms with E-state index >= 15 is 0 Å². The Balaban J connectivity index is 1.63. The molecule has 1 saturated heterocycles. The Morgan fingerprint density at radius 1 is 1.00 bits per heavy atom. The summed E-state index contributed by atoms with van der Waals surface area (Å²) in [5.74, 6) is 0.454. The standard InChI is InChI=1S/C16H18N4O/c17-15-7-6-13(12-18-15)16(21)20-10-8-19(9-11-20)14-4-2-1-3-5-14/h1-7,12H,8-11H2,(H2,17,18). The lowest BCUT2D eigenvalue weighted by Gasteiger charge is -2.36. The molecule has 2 N–H and O–H groups in total. The molecule has 1 aliphatic heterocycles. The number of pyridine rings is 1. The monoisotopic (exact) mass is 282 g/mol. The van der Waals surface area contributed by atoms with Crippen LogP contribution in [0.4, 0.5) is 11.5 Å². The van der Waals surface area contributed by atoms with Crippen molar-refractivity contribution in [3.05, 3.63) is 54.2 Å². The minimum Gasteiger partial charge on any atom is -0.384 e. The van der Waals surface area contributed by atoms with Crippen molar-refractivity contribution in [2.45, 2.75) is 0 Å². The van der Waals surface area contributed by atoms with E-state index in [1.54, 1.807) is 18.3 Å². The number of aromatic nitrogens is 1. The van der Waals surface area contributed by atoms with Crippen LogP contribution >= 0.6 is 0 Å². The molecule has 21 heavy (non-hydrogen) atoms. The maximum absolute atomic E-state index is 12.4. The molecule has 0 aliphatic carbocycles. The first-order chi connectivity index (χ1) is 10.2. The van der Waals surface area contributed by atoms with Gasteiger partial charge in [0.25, 0.3) is 5.91 Å². The topological polar surface area (TPSA) is 62.5 Å². The number of nitrogen functional groups attached to an aromatic ring is 1. The van der Waals surface area contributed by atoms with Crippen molar-refractivity contribution in [2.24, 2.45) is 0 Å². The van der Waals surface area contributed by atoms with Crippen LogP contribution in [-0.4, -0.2) is 42.0 Å². The first-order valence-electron chi connectivity index (χ1n) is 7.05. The van der Waals surface area contributed by atoms with Crippen molar-refractivity contribution in [3.63, 3.8) is 0 Å². The maximum Gasteiger partial charge on any atom is 0.255 e. The van der Waals surface area contributed by atoms with Crippen LogP contribution in [-0.2, 0) is 0 Å². The van der Waals surface area contributed by atoms with E-state index in [4.69, 9.17) is 5.73 Å². The van der Waals surface area contributed by atoms with Crippen molar-refractivity contribution in [1.29, 1.82) is 0 Å². The summed E-state index contributed by atoms with van der Waals surface area (Å²) in [5.41, 5.74) is 7.35. The van der Waals surface area contributed by atoms with Crippen molar-refractivity contribution < 1.29 is 4.79 Å². The van der Waals surface area contributed by atoms with E-state index in [9.17, 15) is 4.79 Å². The van der Waals surface area contributed by atoms with Crippen LogP contribution < -0.4 is 10.6 Å². The van der Waals surface area contributed by atoms with Gasteiger partial charge in [0.15, 0.2) is 0 Å². The molecule has 0 atom stereocenters. The number of nitrogens with zero attached hydrogens (tertiary/aromatic N) is 3. The zero-order chi connectivity index (χ0) is 14.7. The summed E-state index contributed by atoms with van der Waals surface area (Å²) in [7, 11) is 0. The zero-order valence-electron chi connectivity index (χ0n) is 11.8. The number of piperazine rings is 1. The number of hydrogen-bond acceptors (Lipinski definition) is 4. The summed E-state index contributed by atoms with van der Waals surface area (Å²) in [6.45, 7) is 3.13. The van der Waals surface area contributed by atoms with Crippen molar-refractivity contribution in [3.8, 4) is 0 Å². The third-order valence-electron chi connectivity index (χ3n) is 3.72. The molecule has 2 heterocycles. The van der Waals surface area contributed by atoms with Crippen LogP contribution in [0.25, 0.3) is 0 Å². The molecule has 0 unspecified atom stereocenters. The Bertz CT molecular complexity index is 604. The number of anilines is 2. The van der Waals surface area contributed by atoms with Gasteiger partial charge >= 0.3 is 0 Å². The van der Waals surface area contributed by atoms with Gasteiger partial charge in [0.05, 0.1) is 5.56 Å². The van der Waals surface area contributed by atoms with Crippen LogP contribution in [0.15, 0.2) is 48.7 Å². The van der Waals surface area contributed by atoms with Crippen LogP contribution in [0.2, 0.25) is 0 Å². The summed E-state index contributed by atoms with van der Waals surface area (Å²) in [4.78, 5) is 20.5. The van der Waals surface area contributed by atoms with Gasteiger partial charge in [0.1, 0.15) is 5.82 Å². The SMILES string of the molecule is Nc1ccc(C(=O)N2CCN(c3ccccc3)CC2)cn1. The van der Waals surface area contributed by atoms with E-state index in [1.807, 2.05) is 23.1 Å². The number of carbonyl (C=O) groups is 1. The van der Waals surface area contributed by atoms with E-state index in [1.165, 1.54) is 5.69 Å². The molecule has 108 valence electrons. The Morgan fingerprint density at radius 3 is 2.33 bits per heavy atom. The average Bonchev–Trinajstić information content (AvgIpc) is 2.56. The minimum atomic E-state index is 0.0233. The average molecular weight is 282 g/mol. The number of carbonyl (C=O) groups excluding carboxylic acids is 1. The van der Waals surface area contributed by atoms with Gasteiger partial charge in [-0.25, -0.2) is 4.98 Å². The molecule has 1 fully saturated rings. The van der Waals surface area contributed by atoms with E-state index in [-0.39, 0.29) is 5.91 Å². The molecular formula is C16H18N4O. The van der Waals surface area contributed by atoms with Crippen molar-refractivity contribution in [1.82, 2.24) is 9.88 Å². The van der Waals surface area contributed by atoms with Crippen molar-refractivity contribution >= 4 is 17.4 Å². The molecule has 5 heteroatoms. The molecule has 3 rings (SSSR count). The highest BCUT2D eigenvalue weighted by Gasteiger charge is 2.22. The summed E-state index contributed by atoms with van der Waals surface area (Å²) in [5, 5.41) is 0. The number of amides is 1. The lowest BCUT2D eigenvalue weighted by molar-refractivity contribution is 0.0746. The fourth-order valence-electron chi connectivity index (χ4n) is 2.52. The first kappa shape index (κ1) is 13.4. The van der Waals surface area contributed by atoms with Gasteiger partial charge in [-0.2, -0.15) is 0 Å². The minimum absolute atomic E-state index is 0.0233.